The monoisotopic (exact) mass is 337 g/mol. The summed E-state index contributed by atoms with van der Waals surface area (Å²) < 4.78 is 1.82. The van der Waals surface area contributed by atoms with Gasteiger partial charge in [-0.3, -0.25) is 9.36 Å². The van der Waals surface area contributed by atoms with Gasteiger partial charge in [0.15, 0.2) is 0 Å². The number of aromatic nitrogens is 4. The van der Waals surface area contributed by atoms with E-state index in [1.807, 2.05) is 17.7 Å². The zero-order valence-electron chi connectivity index (χ0n) is 14.5. The molecule has 0 radical (unpaired) electrons. The Balaban J connectivity index is 1.34. The smallest absolute Gasteiger partial charge is 0.235 e. The molecular weight excluding hydrogens is 314 g/mol. The van der Waals surface area contributed by atoms with Gasteiger partial charge in [0.25, 0.3) is 0 Å². The number of anilines is 1. The van der Waals surface area contributed by atoms with Crippen LogP contribution in [-0.2, 0) is 4.79 Å². The molecular formula is C19H23N5O. The van der Waals surface area contributed by atoms with Gasteiger partial charge in [0, 0.05) is 12.4 Å². The average molecular weight is 337 g/mol. The van der Waals surface area contributed by atoms with Crippen molar-refractivity contribution in [2.24, 2.45) is 23.2 Å². The number of imidazole rings is 1. The molecule has 6 rings (SSSR count). The molecule has 0 atom stereocenters. The number of amides is 1. The zero-order chi connectivity index (χ0) is 17.0. The van der Waals surface area contributed by atoms with E-state index in [0.717, 1.165) is 42.8 Å². The Hall–Kier alpha value is -2.24. The minimum atomic E-state index is -0.144. The van der Waals surface area contributed by atoms with Crippen molar-refractivity contribution >= 4 is 11.6 Å². The molecule has 4 bridgehead atoms. The van der Waals surface area contributed by atoms with Crippen molar-refractivity contribution in [1.82, 2.24) is 19.5 Å². The van der Waals surface area contributed by atoms with E-state index in [4.69, 9.17) is 0 Å². The summed E-state index contributed by atoms with van der Waals surface area (Å²) in [5.74, 6) is 3.88. The van der Waals surface area contributed by atoms with Crippen LogP contribution in [0, 0.1) is 30.1 Å². The summed E-state index contributed by atoms with van der Waals surface area (Å²) in [5.41, 5.74) is 0.538. The quantitative estimate of drug-likeness (QED) is 0.934. The van der Waals surface area contributed by atoms with Gasteiger partial charge in [0.2, 0.25) is 11.9 Å². The first-order valence-electron chi connectivity index (χ1n) is 9.25. The maximum atomic E-state index is 13.1. The molecule has 2 aromatic rings. The highest BCUT2D eigenvalue weighted by Gasteiger charge is 2.54. The fourth-order valence-electron chi connectivity index (χ4n) is 5.75. The molecule has 4 saturated carbocycles. The fourth-order valence-corrected chi connectivity index (χ4v) is 5.75. The number of nitrogens with one attached hydrogen (secondary N) is 1. The first-order chi connectivity index (χ1) is 12.1. The molecule has 2 heterocycles. The maximum absolute atomic E-state index is 13.1. The molecule has 0 spiro atoms. The van der Waals surface area contributed by atoms with E-state index in [0.29, 0.717) is 11.6 Å². The standard InChI is InChI=1S/C19H23N5O/c1-12-20-2-3-24(12)18-21-10-16(11-22-18)23-17(25)19-7-13-4-14(8-19)6-15(5-13)9-19/h2-3,10-11,13-15H,4-9H2,1H3,(H,23,25). The molecule has 0 saturated heterocycles. The molecule has 0 aliphatic heterocycles. The van der Waals surface area contributed by atoms with Gasteiger partial charge in [-0.2, -0.15) is 0 Å². The molecule has 4 aliphatic rings. The van der Waals surface area contributed by atoms with Gasteiger partial charge >= 0.3 is 0 Å². The Morgan fingerprint density at radius 2 is 1.68 bits per heavy atom. The van der Waals surface area contributed by atoms with Gasteiger partial charge in [-0.05, 0) is 63.2 Å². The second-order valence-corrected chi connectivity index (χ2v) is 8.27. The maximum Gasteiger partial charge on any atom is 0.235 e. The van der Waals surface area contributed by atoms with Crippen LogP contribution in [0.1, 0.15) is 44.3 Å². The van der Waals surface area contributed by atoms with Gasteiger partial charge in [-0.15, -0.1) is 0 Å². The van der Waals surface area contributed by atoms with Crippen molar-refractivity contribution in [1.29, 1.82) is 0 Å². The summed E-state index contributed by atoms with van der Waals surface area (Å²) in [6.45, 7) is 1.91. The van der Waals surface area contributed by atoms with E-state index in [-0.39, 0.29) is 11.3 Å². The molecule has 4 fully saturated rings. The van der Waals surface area contributed by atoms with Gasteiger partial charge in [-0.1, -0.05) is 0 Å². The van der Waals surface area contributed by atoms with Crippen LogP contribution in [0.3, 0.4) is 0 Å². The Bertz CT molecular complexity index is 774. The minimum Gasteiger partial charge on any atom is -0.323 e. The van der Waals surface area contributed by atoms with Gasteiger partial charge in [0.1, 0.15) is 5.82 Å². The lowest BCUT2D eigenvalue weighted by molar-refractivity contribution is -0.140. The Labute approximate surface area is 147 Å². The SMILES string of the molecule is Cc1nccn1-c1ncc(NC(=O)C23CC4CC(CC(C4)C2)C3)cn1. The second kappa shape index (κ2) is 5.38. The lowest BCUT2D eigenvalue weighted by atomic mass is 9.49. The van der Waals surface area contributed by atoms with Crippen LogP contribution in [0.2, 0.25) is 0 Å². The van der Waals surface area contributed by atoms with E-state index < -0.39 is 0 Å². The van der Waals surface area contributed by atoms with Crippen LogP contribution in [0.4, 0.5) is 5.69 Å². The van der Waals surface area contributed by atoms with Crippen LogP contribution >= 0.6 is 0 Å². The first kappa shape index (κ1) is 15.0. The van der Waals surface area contributed by atoms with Crippen LogP contribution < -0.4 is 5.32 Å². The normalized spacial score (nSPS) is 32.8. The number of nitrogens with zero attached hydrogens (tertiary/aromatic N) is 4. The Morgan fingerprint density at radius 1 is 1.08 bits per heavy atom. The first-order valence-corrected chi connectivity index (χ1v) is 9.25. The number of hydrogen-bond donors (Lipinski definition) is 1. The molecule has 0 aromatic carbocycles. The van der Waals surface area contributed by atoms with Crippen molar-refractivity contribution in [3.8, 4) is 5.95 Å². The third-order valence-corrected chi connectivity index (χ3v) is 6.46. The fraction of sp³-hybridized carbons (Fsp3) is 0.579. The van der Waals surface area contributed by atoms with Crippen LogP contribution in [0.25, 0.3) is 5.95 Å². The molecule has 1 N–H and O–H groups in total. The highest BCUT2D eigenvalue weighted by Crippen LogP contribution is 2.60. The van der Waals surface area contributed by atoms with Crippen LogP contribution in [0.5, 0.6) is 0 Å². The average Bonchev–Trinajstić information content (AvgIpc) is 3.00. The van der Waals surface area contributed by atoms with Gasteiger partial charge in [0.05, 0.1) is 23.5 Å². The van der Waals surface area contributed by atoms with Gasteiger partial charge < -0.3 is 5.32 Å². The van der Waals surface area contributed by atoms with Crippen LogP contribution in [-0.4, -0.2) is 25.4 Å². The molecule has 25 heavy (non-hydrogen) atoms. The minimum absolute atomic E-state index is 0.144. The second-order valence-electron chi connectivity index (χ2n) is 8.27. The molecule has 4 aliphatic carbocycles. The lowest BCUT2D eigenvalue weighted by Gasteiger charge is -2.55. The van der Waals surface area contributed by atoms with Crippen molar-refractivity contribution in [2.45, 2.75) is 45.4 Å². The third kappa shape index (κ3) is 2.46. The Kier molecular flexibility index (Phi) is 3.24. The van der Waals surface area contributed by atoms with Crippen molar-refractivity contribution in [3.63, 3.8) is 0 Å². The van der Waals surface area contributed by atoms with E-state index in [9.17, 15) is 4.79 Å². The predicted octanol–water partition coefficient (Wildman–Crippen LogP) is 3.13. The molecule has 6 nitrogen and oxygen atoms in total. The largest absolute Gasteiger partial charge is 0.323 e. The van der Waals surface area contributed by atoms with E-state index >= 15 is 0 Å². The summed E-state index contributed by atoms with van der Waals surface area (Å²) in [5, 5.41) is 3.10. The van der Waals surface area contributed by atoms with E-state index in [1.165, 1.54) is 19.3 Å². The molecule has 0 unspecified atom stereocenters. The number of carbonyl (C=O) groups excluding carboxylic acids is 1. The topological polar surface area (TPSA) is 72.7 Å². The summed E-state index contributed by atoms with van der Waals surface area (Å²) in [4.78, 5) is 26.0. The van der Waals surface area contributed by atoms with Gasteiger partial charge in [-0.25, -0.2) is 15.0 Å². The van der Waals surface area contributed by atoms with E-state index in [1.54, 1.807) is 18.6 Å². The number of rotatable bonds is 3. The van der Waals surface area contributed by atoms with Crippen molar-refractivity contribution in [2.75, 3.05) is 5.32 Å². The lowest BCUT2D eigenvalue weighted by Crippen LogP contribution is -2.51. The summed E-state index contributed by atoms with van der Waals surface area (Å²) >= 11 is 0. The highest BCUT2D eigenvalue weighted by molar-refractivity contribution is 5.95. The summed E-state index contributed by atoms with van der Waals surface area (Å²) in [7, 11) is 0. The summed E-state index contributed by atoms with van der Waals surface area (Å²) in [6.07, 6.45) is 14.2. The third-order valence-electron chi connectivity index (χ3n) is 6.46. The Morgan fingerprint density at radius 3 is 2.20 bits per heavy atom. The molecule has 130 valence electrons. The number of carbonyl (C=O) groups is 1. The molecule has 6 heteroatoms. The number of aryl methyl sites for hydroxylation is 1. The highest BCUT2D eigenvalue weighted by atomic mass is 16.2. The zero-order valence-corrected chi connectivity index (χ0v) is 14.5. The van der Waals surface area contributed by atoms with Crippen molar-refractivity contribution in [3.05, 3.63) is 30.6 Å². The molecule has 1 amide bonds. The van der Waals surface area contributed by atoms with Crippen LogP contribution in [0.15, 0.2) is 24.8 Å². The number of hydrogen-bond acceptors (Lipinski definition) is 4. The molecule has 2 aromatic heterocycles. The predicted molar refractivity (Wildman–Crippen MR) is 93.1 cm³/mol. The summed E-state index contributed by atoms with van der Waals surface area (Å²) in [6, 6.07) is 0. The van der Waals surface area contributed by atoms with Crippen molar-refractivity contribution < 1.29 is 4.79 Å². The van der Waals surface area contributed by atoms with E-state index in [2.05, 4.69) is 20.3 Å².